The molecule has 0 spiro atoms. The Morgan fingerprint density at radius 3 is 2.77 bits per heavy atom. The Labute approximate surface area is 135 Å². The Kier molecular flexibility index (Phi) is 4.21. The van der Waals surface area contributed by atoms with Crippen LogP contribution in [-0.4, -0.2) is 27.1 Å². The van der Waals surface area contributed by atoms with Gasteiger partial charge in [0.15, 0.2) is 0 Å². The number of likely N-dealkylation sites (tertiary alicyclic amines) is 1. The lowest BCUT2D eigenvalue weighted by molar-refractivity contribution is 0.0723. The Morgan fingerprint density at radius 2 is 2.09 bits per heavy atom. The maximum absolute atomic E-state index is 12.9. The predicted octanol–water partition coefficient (Wildman–Crippen LogP) is 3.84. The molecule has 4 nitrogen and oxygen atoms in total. The van der Waals surface area contributed by atoms with Gasteiger partial charge in [0.05, 0.1) is 17.3 Å². The standard InChI is InChI=1S/C17H20ClN3O/c1-3-21-16(14(18)11-19-21)17(22)20-10-4-5-15(20)13-8-6-12(2)7-9-13/h6-9,11,15H,3-5,10H2,1-2H3. The second-order valence-electron chi connectivity index (χ2n) is 5.72. The first kappa shape index (κ1) is 15.1. The molecule has 0 radical (unpaired) electrons. The third kappa shape index (κ3) is 2.63. The van der Waals surface area contributed by atoms with Gasteiger partial charge in [-0.05, 0) is 32.3 Å². The van der Waals surface area contributed by atoms with Crippen molar-refractivity contribution in [3.8, 4) is 0 Å². The number of halogens is 1. The summed E-state index contributed by atoms with van der Waals surface area (Å²) >= 11 is 6.18. The number of aryl methyl sites for hydroxylation is 2. The van der Waals surface area contributed by atoms with Crippen LogP contribution in [0, 0.1) is 6.92 Å². The quantitative estimate of drug-likeness (QED) is 0.862. The highest BCUT2D eigenvalue weighted by atomic mass is 35.5. The second-order valence-corrected chi connectivity index (χ2v) is 6.13. The Morgan fingerprint density at radius 1 is 1.36 bits per heavy atom. The summed E-state index contributed by atoms with van der Waals surface area (Å²) in [6.45, 7) is 5.43. The monoisotopic (exact) mass is 317 g/mol. The molecule has 0 saturated carbocycles. The summed E-state index contributed by atoms with van der Waals surface area (Å²) in [5, 5.41) is 4.61. The maximum atomic E-state index is 12.9. The maximum Gasteiger partial charge on any atom is 0.274 e. The first-order valence-electron chi connectivity index (χ1n) is 7.70. The van der Waals surface area contributed by atoms with Crippen molar-refractivity contribution in [2.24, 2.45) is 0 Å². The zero-order valence-electron chi connectivity index (χ0n) is 12.9. The van der Waals surface area contributed by atoms with Gasteiger partial charge in [0.25, 0.3) is 5.91 Å². The number of benzene rings is 1. The number of nitrogens with zero attached hydrogens (tertiary/aromatic N) is 3. The summed E-state index contributed by atoms with van der Waals surface area (Å²) in [6, 6.07) is 8.55. The van der Waals surface area contributed by atoms with E-state index in [2.05, 4.69) is 36.3 Å². The van der Waals surface area contributed by atoms with Crippen LogP contribution >= 0.6 is 11.6 Å². The van der Waals surface area contributed by atoms with Crippen molar-refractivity contribution in [1.29, 1.82) is 0 Å². The Bertz CT molecular complexity index is 678. The molecule has 1 atom stereocenters. The van der Waals surface area contributed by atoms with Crippen LogP contribution in [0.4, 0.5) is 0 Å². The van der Waals surface area contributed by atoms with Crippen LogP contribution in [0.1, 0.15) is 47.4 Å². The van der Waals surface area contributed by atoms with Gasteiger partial charge in [-0.1, -0.05) is 41.4 Å². The predicted molar refractivity (Wildman–Crippen MR) is 87.1 cm³/mol. The molecule has 3 rings (SSSR count). The average Bonchev–Trinajstić information content (AvgIpc) is 3.14. The molecule has 0 bridgehead atoms. The molecule has 1 fully saturated rings. The average molecular weight is 318 g/mol. The third-order valence-corrected chi connectivity index (χ3v) is 4.55. The van der Waals surface area contributed by atoms with Crippen LogP contribution in [0.2, 0.25) is 5.02 Å². The molecule has 0 aliphatic carbocycles. The summed E-state index contributed by atoms with van der Waals surface area (Å²) in [4.78, 5) is 14.9. The molecule has 0 N–H and O–H groups in total. The van der Waals surface area contributed by atoms with E-state index in [9.17, 15) is 4.79 Å². The van der Waals surface area contributed by atoms with Gasteiger partial charge in [0.1, 0.15) is 5.69 Å². The summed E-state index contributed by atoms with van der Waals surface area (Å²) in [5.74, 6) is -0.0209. The molecular formula is C17H20ClN3O. The van der Waals surface area contributed by atoms with Crippen LogP contribution in [0.15, 0.2) is 30.5 Å². The normalized spacial score (nSPS) is 18.0. The van der Waals surface area contributed by atoms with Crippen molar-refractivity contribution in [1.82, 2.24) is 14.7 Å². The van der Waals surface area contributed by atoms with Gasteiger partial charge in [-0.3, -0.25) is 9.48 Å². The highest BCUT2D eigenvalue weighted by Gasteiger charge is 2.33. The smallest absolute Gasteiger partial charge is 0.274 e. The molecule has 2 heterocycles. The van der Waals surface area contributed by atoms with E-state index in [-0.39, 0.29) is 11.9 Å². The van der Waals surface area contributed by atoms with E-state index >= 15 is 0 Å². The van der Waals surface area contributed by atoms with Gasteiger partial charge in [0.2, 0.25) is 0 Å². The minimum absolute atomic E-state index is 0.0209. The largest absolute Gasteiger partial charge is 0.330 e. The summed E-state index contributed by atoms with van der Waals surface area (Å²) in [6.07, 6.45) is 3.56. The fourth-order valence-electron chi connectivity index (χ4n) is 3.10. The summed E-state index contributed by atoms with van der Waals surface area (Å²) in [5.41, 5.74) is 2.92. The molecule has 1 saturated heterocycles. The van der Waals surface area contributed by atoms with E-state index in [1.165, 1.54) is 11.1 Å². The fourth-order valence-corrected chi connectivity index (χ4v) is 3.32. The number of aromatic nitrogens is 2. The number of rotatable bonds is 3. The van der Waals surface area contributed by atoms with E-state index in [0.717, 1.165) is 19.4 Å². The van der Waals surface area contributed by atoms with E-state index in [1.807, 2.05) is 11.8 Å². The van der Waals surface area contributed by atoms with E-state index in [4.69, 9.17) is 11.6 Å². The molecule has 1 aromatic heterocycles. The van der Waals surface area contributed by atoms with E-state index in [0.29, 0.717) is 17.3 Å². The first-order valence-corrected chi connectivity index (χ1v) is 8.08. The minimum atomic E-state index is -0.0209. The molecule has 1 aromatic carbocycles. The van der Waals surface area contributed by atoms with Crippen LogP contribution in [-0.2, 0) is 6.54 Å². The fraction of sp³-hybridized carbons (Fsp3) is 0.412. The third-order valence-electron chi connectivity index (χ3n) is 4.27. The van der Waals surface area contributed by atoms with Gasteiger partial charge in [-0.25, -0.2) is 0 Å². The molecule has 1 aliphatic rings. The van der Waals surface area contributed by atoms with Gasteiger partial charge in [0, 0.05) is 13.1 Å². The van der Waals surface area contributed by atoms with Crippen molar-refractivity contribution >= 4 is 17.5 Å². The molecule has 1 aliphatic heterocycles. The molecule has 22 heavy (non-hydrogen) atoms. The van der Waals surface area contributed by atoms with Crippen molar-refractivity contribution in [2.75, 3.05) is 6.54 Å². The number of carbonyl (C=O) groups is 1. The van der Waals surface area contributed by atoms with Gasteiger partial charge in [-0.2, -0.15) is 5.10 Å². The Balaban J connectivity index is 1.91. The highest BCUT2D eigenvalue weighted by Crippen LogP contribution is 2.34. The molecule has 5 heteroatoms. The van der Waals surface area contributed by atoms with Gasteiger partial charge >= 0.3 is 0 Å². The molecule has 1 unspecified atom stereocenters. The number of hydrogen-bond acceptors (Lipinski definition) is 2. The molecule has 116 valence electrons. The van der Waals surface area contributed by atoms with Crippen LogP contribution in [0.5, 0.6) is 0 Å². The topological polar surface area (TPSA) is 38.1 Å². The molecular weight excluding hydrogens is 298 g/mol. The van der Waals surface area contributed by atoms with Crippen molar-refractivity contribution < 1.29 is 4.79 Å². The van der Waals surface area contributed by atoms with Crippen LogP contribution in [0.3, 0.4) is 0 Å². The summed E-state index contributed by atoms with van der Waals surface area (Å²) in [7, 11) is 0. The van der Waals surface area contributed by atoms with Crippen molar-refractivity contribution in [3.63, 3.8) is 0 Å². The van der Waals surface area contributed by atoms with E-state index in [1.54, 1.807) is 10.9 Å². The van der Waals surface area contributed by atoms with Crippen molar-refractivity contribution in [3.05, 3.63) is 52.3 Å². The zero-order chi connectivity index (χ0) is 15.7. The first-order chi connectivity index (χ1) is 10.6. The SMILES string of the molecule is CCn1ncc(Cl)c1C(=O)N1CCCC1c1ccc(C)cc1. The van der Waals surface area contributed by atoms with Crippen LogP contribution in [0.25, 0.3) is 0 Å². The number of hydrogen-bond donors (Lipinski definition) is 0. The van der Waals surface area contributed by atoms with Crippen LogP contribution < -0.4 is 0 Å². The van der Waals surface area contributed by atoms with Gasteiger partial charge < -0.3 is 4.90 Å². The molecule has 1 amide bonds. The highest BCUT2D eigenvalue weighted by molar-refractivity contribution is 6.33. The van der Waals surface area contributed by atoms with Gasteiger partial charge in [-0.15, -0.1) is 0 Å². The number of amides is 1. The summed E-state index contributed by atoms with van der Waals surface area (Å²) < 4.78 is 1.68. The van der Waals surface area contributed by atoms with Crippen molar-refractivity contribution in [2.45, 2.75) is 39.3 Å². The molecule has 2 aromatic rings. The zero-order valence-corrected chi connectivity index (χ0v) is 13.7. The lowest BCUT2D eigenvalue weighted by atomic mass is 10.0. The second kappa shape index (κ2) is 6.13. The van der Waals surface area contributed by atoms with E-state index < -0.39 is 0 Å². The lowest BCUT2D eigenvalue weighted by Gasteiger charge is -2.25. The lowest BCUT2D eigenvalue weighted by Crippen LogP contribution is -2.32. The number of carbonyl (C=O) groups excluding carboxylic acids is 1. The minimum Gasteiger partial charge on any atom is -0.330 e. The Hall–Kier alpha value is -1.81.